The fraction of sp³-hybridized carbons (Fsp3) is 0.435. The van der Waals surface area contributed by atoms with Crippen molar-refractivity contribution in [3.8, 4) is 12.0 Å². The summed E-state index contributed by atoms with van der Waals surface area (Å²) in [7, 11) is 0. The van der Waals surface area contributed by atoms with Crippen molar-refractivity contribution in [3.05, 3.63) is 59.7 Å². The topological polar surface area (TPSA) is 113 Å². The third-order valence-electron chi connectivity index (χ3n) is 5.86. The van der Waals surface area contributed by atoms with Crippen molar-refractivity contribution in [2.45, 2.75) is 51.2 Å². The zero-order valence-electron chi connectivity index (χ0n) is 19.4. The molecule has 1 aliphatic rings. The third-order valence-corrected chi connectivity index (χ3v) is 5.86. The molecule has 3 heterocycles. The fourth-order valence-corrected chi connectivity index (χ4v) is 3.55. The highest BCUT2D eigenvalue weighted by Gasteiger charge is 2.38. The summed E-state index contributed by atoms with van der Waals surface area (Å²) in [6, 6.07) is 4.48. The molecule has 3 aromatic rings. The molecular weight excluding hydrogens is 461 g/mol. The van der Waals surface area contributed by atoms with Gasteiger partial charge in [-0.25, -0.2) is 19.9 Å². The van der Waals surface area contributed by atoms with E-state index in [1.807, 2.05) is 6.07 Å². The first-order valence-corrected chi connectivity index (χ1v) is 11.0. The normalized spacial score (nSPS) is 14.9. The first-order chi connectivity index (χ1) is 16.5. The number of nitrogens with zero attached hydrogens (tertiary/aromatic N) is 8. The number of rotatable bonds is 7. The average molecular weight is 484 g/mol. The Morgan fingerprint density at radius 3 is 2.51 bits per heavy atom. The van der Waals surface area contributed by atoms with E-state index in [0.29, 0.717) is 12.4 Å². The van der Waals surface area contributed by atoms with Gasteiger partial charge < -0.3 is 4.90 Å². The maximum atomic E-state index is 13.7. The summed E-state index contributed by atoms with van der Waals surface area (Å²) in [6.45, 7) is 4.95. The van der Waals surface area contributed by atoms with Gasteiger partial charge >= 0.3 is 6.18 Å². The van der Waals surface area contributed by atoms with Crippen LogP contribution in [-0.4, -0.2) is 47.1 Å². The van der Waals surface area contributed by atoms with Gasteiger partial charge in [0.25, 0.3) is 11.9 Å². The van der Waals surface area contributed by atoms with Crippen molar-refractivity contribution in [3.63, 3.8) is 0 Å². The summed E-state index contributed by atoms with van der Waals surface area (Å²) >= 11 is 0. The number of hydrogen-bond acceptors (Lipinski definition) is 7. The van der Waals surface area contributed by atoms with Gasteiger partial charge in [-0.05, 0) is 57.7 Å². The lowest BCUT2D eigenvalue weighted by molar-refractivity contribution is -0.137. The predicted molar refractivity (Wildman–Crippen MR) is 117 cm³/mol. The highest BCUT2D eigenvalue weighted by Crippen LogP contribution is 2.35. The Labute approximate surface area is 199 Å². The molecule has 0 radical (unpaired) electrons. The van der Waals surface area contributed by atoms with Crippen molar-refractivity contribution >= 4 is 5.91 Å². The molecule has 1 aliphatic carbocycles. The Kier molecular flexibility index (Phi) is 6.27. The second-order valence-electron chi connectivity index (χ2n) is 9.02. The molecule has 3 aromatic heterocycles. The van der Waals surface area contributed by atoms with Crippen LogP contribution in [-0.2, 0) is 11.6 Å². The fourth-order valence-electron chi connectivity index (χ4n) is 3.55. The Bertz CT molecular complexity index is 1260. The van der Waals surface area contributed by atoms with Gasteiger partial charge in [0.2, 0.25) is 0 Å². The van der Waals surface area contributed by atoms with Crippen LogP contribution < -0.4 is 0 Å². The number of hydrogen-bond donors (Lipinski definition) is 0. The van der Waals surface area contributed by atoms with Gasteiger partial charge in [-0.2, -0.15) is 28.2 Å². The molecule has 9 nitrogen and oxygen atoms in total. The molecule has 0 aromatic carbocycles. The number of pyridine rings is 1. The second-order valence-corrected chi connectivity index (χ2v) is 9.02. The smallest absolute Gasteiger partial charge is 0.327 e. The molecule has 1 saturated carbocycles. The SMILES string of the molecule is CC(c1ncnn1-c1ncccn1)N(CC1CC1)C(=O)c1cc(C(F)(F)F)cc(C(C)(C)C#N)n1. The Morgan fingerprint density at radius 2 is 1.91 bits per heavy atom. The molecule has 0 aliphatic heterocycles. The van der Waals surface area contributed by atoms with E-state index in [1.54, 1.807) is 13.0 Å². The molecular formula is C23H23F3N8O. The van der Waals surface area contributed by atoms with Crippen LogP contribution in [0.4, 0.5) is 13.2 Å². The van der Waals surface area contributed by atoms with E-state index >= 15 is 0 Å². The van der Waals surface area contributed by atoms with Crippen LogP contribution in [0.5, 0.6) is 0 Å². The quantitative estimate of drug-likeness (QED) is 0.500. The van der Waals surface area contributed by atoms with E-state index in [4.69, 9.17) is 0 Å². The number of nitriles is 1. The minimum Gasteiger partial charge on any atom is -0.327 e. The Hall–Kier alpha value is -3.88. The molecule has 1 atom stereocenters. The minimum absolute atomic E-state index is 0.127. The van der Waals surface area contributed by atoms with Gasteiger partial charge in [-0.3, -0.25) is 4.79 Å². The molecule has 4 rings (SSSR count). The Morgan fingerprint density at radius 1 is 1.23 bits per heavy atom. The van der Waals surface area contributed by atoms with Crippen molar-refractivity contribution in [2.24, 2.45) is 5.92 Å². The summed E-state index contributed by atoms with van der Waals surface area (Å²) in [5, 5.41) is 13.6. The molecule has 182 valence electrons. The number of carbonyl (C=O) groups is 1. The second kappa shape index (κ2) is 9.05. The number of alkyl halides is 3. The molecule has 0 bridgehead atoms. The molecule has 0 N–H and O–H groups in total. The summed E-state index contributed by atoms with van der Waals surface area (Å²) in [5.74, 6) is 0.149. The molecule has 12 heteroatoms. The van der Waals surface area contributed by atoms with Crippen LogP contribution in [0.15, 0.2) is 36.9 Å². The van der Waals surface area contributed by atoms with Gasteiger partial charge in [-0.1, -0.05) is 0 Å². The van der Waals surface area contributed by atoms with Crippen molar-refractivity contribution in [1.82, 2.24) is 34.6 Å². The maximum absolute atomic E-state index is 13.7. The average Bonchev–Trinajstić information content (AvgIpc) is 3.53. The van der Waals surface area contributed by atoms with E-state index in [-0.39, 0.29) is 23.3 Å². The molecule has 1 fully saturated rings. The standard InChI is InChI=1S/C23H23F3N8O/c1-14(19-30-13-31-34(19)21-28-7-4-8-29-21)33(11-15-5-6-15)20(35)17-9-16(23(24,25)26)10-18(32-17)22(2,3)12-27/h4,7-10,13-15H,5-6,11H2,1-3H3. The third kappa shape index (κ3) is 5.13. The van der Waals surface area contributed by atoms with Crippen molar-refractivity contribution in [2.75, 3.05) is 6.54 Å². The van der Waals surface area contributed by atoms with E-state index in [0.717, 1.165) is 25.0 Å². The zero-order valence-corrected chi connectivity index (χ0v) is 19.4. The van der Waals surface area contributed by atoms with Crippen LogP contribution in [0.2, 0.25) is 0 Å². The van der Waals surface area contributed by atoms with Crippen molar-refractivity contribution < 1.29 is 18.0 Å². The number of halogens is 3. The Balaban J connectivity index is 1.76. The lowest BCUT2D eigenvalue weighted by Gasteiger charge is -2.29. The maximum Gasteiger partial charge on any atom is 0.416 e. The van der Waals surface area contributed by atoms with E-state index in [2.05, 4.69) is 25.0 Å². The van der Waals surface area contributed by atoms with E-state index < -0.39 is 29.1 Å². The van der Waals surface area contributed by atoms with Crippen LogP contribution in [0.1, 0.15) is 67.2 Å². The summed E-state index contributed by atoms with van der Waals surface area (Å²) in [4.78, 5) is 31.9. The van der Waals surface area contributed by atoms with Crippen LogP contribution in [0, 0.1) is 17.2 Å². The van der Waals surface area contributed by atoms with Gasteiger partial charge in [0.1, 0.15) is 12.0 Å². The summed E-state index contributed by atoms with van der Waals surface area (Å²) < 4.78 is 42.4. The van der Waals surface area contributed by atoms with Gasteiger partial charge in [-0.15, -0.1) is 0 Å². The molecule has 0 saturated heterocycles. The van der Waals surface area contributed by atoms with Crippen molar-refractivity contribution in [1.29, 1.82) is 5.26 Å². The van der Waals surface area contributed by atoms with Gasteiger partial charge in [0.05, 0.1) is 28.8 Å². The first kappa shape index (κ1) is 24.3. The zero-order chi connectivity index (χ0) is 25.4. The molecule has 0 spiro atoms. The lowest BCUT2D eigenvalue weighted by atomic mass is 9.89. The van der Waals surface area contributed by atoms with E-state index in [1.165, 1.54) is 42.2 Å². The first-order valence-electron chi connectivity index (χ1n) is 11.0. The molecule has 1 amide bonds. The number of carbonyl (C=O) groups excluding carboxylic acids is 1. The monoisotopic (exact) mass is 484 g/mol. The summed E-state index contributed by atoms with van der Waals surface area (Å²) in [6.07, 6.45) is 1.49. The van der Waals surface area contributed by atoms with Crippen LogP contribution in [0.3, 0.4) is 0 Å². The predicted octanol–water partition coefficient (Wildman–Crippen LogP) is 3.89. The number of aromatic nitrogens is 6. The van der Waals surface area contributed by atoms with E-state index in [9.17, 15) is 23.2 Å². The highest BCUT2D eigenvalue weighted by molar-refractivity contribution is 5.93. The highest BCUT2D eigenvalue weighted by atomic mass is 19.4. The van der Waals surface area contributed by atoms with Gasteiger partial charge in [0, 0.05) is 18.9 Å². The largest absolute Gasteiger partial charge is 0.416 e. The van der Waals surface area contributed by atoms with Gasteiger partial charge in [0.15, 0.2) is 5.82 Å². The van der Waals surface area contributed by atoms with Crippen LogP contribution in [0.25, 0.3) is 5.95 Å². The summed E-state index contributed by atoms with van der Waals surface area (Å²) in [5.41, 5.74) is -2.87. The lowest BCUT2D eigenvalue weighted by Crippen LogP contribution is -2.37. The minimum atomic E-state index is -4.71. The molecule has 1 unspecified atom stereocenters. The van der Waals surface area contributed by atoms with Crippen LogP contribution >= 0.6 is 0 Å². The number of amides is 1. The molecule has 35 heavy (non-hydrogen) atoms.